The molecule has 2 aliphatic rings. The van der Waals surface area contributed by atoms with Crippen LogP contribution in [0.2, 0.25) is 0 Å². The number of aliphatic hydroxyl groups is 1. The first-order chi connectivity index (χ1) is 14.0. The van der Waals surface area contributed by atoms with Gasteiger partial charge in [0.05, 0.1) is 24.4 Å². The smallest absolute Gasteiger partial charge is 0.274 e. The first-order valence-electron chi connectivity index (χ1n) is 9.56. The quantitative estimate of drug-likeness (QED) is 0.668. The van der Waals surface area contributed by atoms with Crippen molar-refractivity contribution in [1.82, 2.24) is 34.7 Å². The van der Waals surface area contributed by atoms with E-state index in [1.54, 1.807) is 34.8 Å². The predicted octanol–water partition coefficient (Wildman–Crippen LogP) is 1.38. The van der Waals surface area contributed by atoms with Gasteiger partial charge in [-0.15, -0.1) is 5.10 Å². The number of hydrogen-bond acceptors (Lipinski definition) is 6. The van der Waals surface area contributed by atoms with Gasteiger partial charge in [0.25, 0.3) is 5.91 Å². The number of aryl methyl sites for hydroxylation is 1. The van der Waals surface area contributed by atoms with Crippen LogP contribution >= 0.6 is 0 Å². The van der Waals surface area contributed by atoms with Crippen molar-refractivity contribution in [1.29, 1.82) is 0 Å². The first-order valence-corrected chi connectivity index (χ1v) is 9.56. The molecule has 0 radical (unpaired) electrons. The zero-order valence-electron chi connectivity index (χ0n) is 15.8. The minimum Gasteiger partial charge on any atom is -0.389 e. The second-order valence-electron chi connectivity index (χ2n) is 7.67. The third-order valence-electron chi connectivity index (χ3n) is 5.45. The van der Waals surface area contributed by atoms with Gasteiger partial charge in [-0.25, -0.2) is 9.67 Å². The third-order valence-corrected chi connectivity index (χ3v) is 5.45. The minimum absolute atomic E-state index is 0.201. The van der Waals surface area contributed by atoms with E-state index in [9.17, 15) is 14.3 Å². The van der Waals surface area contributed by atoms with Gasteiger partial charge in [0, 0.05) is 36.6 Å². The standard InChI is InChI=1S/C19H20FN7O2/c1-11-6-12(7-21-18(11)20)15-8-27(24-22-15)16-9-25(10-17(16)28)19(29)14-4-5-26(23-14)13-2-3-13/h4-8,13,16-17,28H,2-3,9-10H2,1H3/t16-,17-/m1/s1. The lowest BCUT2D eigenvalue weighted by Crippen LogP contribution is -2.30. The number of pyridine rings is 1. The Balaban J connectivity index is 1.32. The number of hydrogen-bond donors (Lipinski definition) is 1. The Morgan fingerprint density at radius 3 is 2.86 bits per heavy atom. The summed E-state index contributed by atoms with van der Waals surface area (Å²) in [6, 6.07) is 3.36. The Morgan fingerprint density at radius 1 is 1.28 bits per heavy atom. The van der Waals surface area contributed by atoms with Crippen LogP contribution in [0.3, 0.4) is 0 Å². The van der Waals surface area contributed by atoms with Crippen LogP contribution in [0, 0.1) is 12.9 Å². The number of aromatic nitrogens is 6. The summed E-state index contributed by atoms with van der Waals surface area (Å²) in [6.07, 6.45) is 6.32. The van der Waals surface area contributed by atoms with E-state index >= 15 is 0 Å². The number of halogens is 1. The summed E-state index contributed by atoms with van der Waals surface area (Å²) >= 11 is 0. The second kappa shape index (κ2) is 6.73. The summed E-state index contributed by atoms with van der Waals surface area (Å²) in [5.74, 6) is -0.727. The molecule has 0 unspecified atom stereocenters. The first kappa shape index (κ1) is 17.9. The van der Waals surface area contributed by atoms with E-state index < -0.39 is 18.1 Å². The number of nitrogens with zero attached hydrogens (tertiary/aromatic N) is 7. The van der Waals surface area contributed by atoms with Gasteiger partial charge in [-0.05, 0) is 31.9 Å². The Kier molecular flexibility index (Phi) is 4.16. The van der Waals surface area contributed by atoms with E-state index in [0.717, 1.165) is 12.8 Å². The summed E-state index contributed by atoms with van der Waals surface area (Å²) in [5, 5.41) is 23.1. The number of amides is 1. The normalized spacial score (nSPS) is 21.7. The van der Waals surface area contributed by atoms with Crippen molar-refractivity contribution in [3.05, 3.63) is 47.9 Å². The maximum atomic E-state index is 13.4. The molecular formula is C19H20FN7O2. The maximum absolute atomic E-state index is 13.4. The second-order valence-corrected chi connectivity index (χ2v) is 7.67. The van der Waals surface area contributed by atoms with Crippen LogP contribution in [0.15, 0.2) is 30.7 Å². The molecule has 2 atom stereocenters. The minimum atomic E-state index is -0.771. The van der Waals surface area contributed by atoms with Gasteiger partial charge >= 0.3 is 0 Å². The molecule has 4 heterocycles. The summed E-state index contributed by atoms with van der Waals surface area (Å²) in [4.78, 5) is 18.1. The van der Waals surface area contributed by atoms with Crippen LogP contribution in [-0.4, -0.2) is 64.9 Å². The van der Waals surface area contributed by atoms with Crippen molar-refractivity contribution in [2.45, 2.75) is 38.0 Å². The molecule has 1 saturated carbocycles. The van der Waals surface area contributed by atoms with Crippen molar-refractivity contribution >= 4 is 5.91 Å². The largest absolute Gasteiger partial charge is 0.389 e. The zero-order valence-corrected chi connectivity index (χ0v) is 15.8. The highest BCUT2D eigenvalue weighted by Gasteiger charge is 2.37. The van der Waals surface area contributed by atoms with Crippen LogP contribution in [0.4, 0.5) is 4.39 Å². The zero-order chi connectivity index (χ0) is 20.1. The van der Waals surface area contributed by atoms with Gasteiger partial charge in [0.1, 0.15) is 11.4 Å². The molecule has 1 amide bonds. The number of carbonyl (C=O) groups excluding carboxylic acids is 1. The van der Waals surface area contributed by atoms with Crippen molar-refractivity contribution in [2.24, 2.45) is 0 Å². The topological polar surface area (TPSA) is 102 Å². The highest BCUT2D eigenvalue weighted by Crippen LogP contribution is 2.34. The van der Waals surface area contributed by atoms with E-state index in [0.29, 0.717) is 35.1 Å². The number of likely N-dealkylation sites (tertiary alicyclic amines) is 1. The Bertz CT molecular complexity index is 1070. The Labute approximate surface area is 165 Å². The maximum Gasteiger partial charge on any atom is 0.274 e. The van der Waals surface area contributed by atoms with Crippen molar-refractivity contribution < 1.29 is 14.3 Å². The average molecular weight is 397 g/mol. The number of β-amino-alcohol motifs (C(OH)–C–C–N with tert-alkyl or cyclic N) is 1. The summed E-state index contributed by atoms with van der Waals surface area (Å²) < 4.78 is 16.8. The fourth-order valence-electron chi connectivity index (χ4n) is 3.62. The van der Waals surface area contributed by atoms with Gasteiger partial charge in [0.15, 0.2) is 0 Å². The Hall–Kier alpha value is -3.14. The van der Waals surface area contributed by atoms with E-state index in [1.807, 2.05) is 10.9 Å². The van der Waals surface area contributed by atoms with Gasteiger partial charge in [-0.3, -0.25) is 9.48 Å². The molecule has 0 spiro atoms. The van der Waals surface area contributed by atoms with E-state index in [-0.39, 0.29) is 12.5 Å². The molecule has 1 aliphatic heterocycles. The van der Waals surface area contributed by atoms with Crippen molar-refractivity contribution in [3.8, 4) is 11.3 Å². The summed E-state index contributed by atoms with van der Waals surface area (Å²) in [5.41, 5.74) is 1.97. The molecule has 29 heavy (non-hydrogen) atoms. The molecule has 0 aromatic carbocycles. The summed E-state index contributed by atoms with van der Waals surface area (Å²) in [6.45, 7) is 2.14. The highest BCUT2D eigenvalue weighted by atomic mass is 19.1. The highest BCUT2D eigenvalue weighted by molar-refractivity contribution is 5.92. The summed E-state index contributed by atoms with van der Waals surface area (Å²) in [7, 11) is 0. The molecule has 0 bridgehead atoms. The monoisotopic (exact) mass is 397 g/mol. The molecule has 2 fully saturated rings. The SMILES string of the molecule is Cc1cc(-c2cn([C@@H]3CN(C(=O)c4ccn(C5CC5)n4)C[C@H]3O)nn2)cnc1F. The molecule has 9 nitrogen and oxygen atoms in total. The van der Waals surface area contributed by atoms with Gasteiger partial charge < -0.3 is 10.0 Å². The number of aliphatic hydroxyl groups excluding tert-OH is 1. The van der Waals surface area contributed by atoms with Gasteiger partial charge in [-0.2, -0.15) is 9.49 Å². The molecule has 5 rings (SSSR count). The van der Waals surface area contributed by atoms with Crippen LogP contribution < -0.4 is 0 Å². The van der Waals surface area contributed by atoms with E-state index in [4.69, 9.17) is 0 Å². The number of rotatable bonds is 4. The van der Waals surface area contributed by atoms with E-state index in [1.165, 1.54) is 6.20 Å². The van der Waals surface area contributed by atoms with Crippen LogP contribution in [0.25, 0.3) is 11.3 Å². The molecule has 3 aromatic heterocycles. The van der Waals surface area contributed by atoms with E-state index in [2.05, 4.69) is 20.4 Å². The average Bonchev–Trinajstić information content (AvgIpc) is 3.10. The van der Waals surface area contributed by atoms with Crippen molar-refractivity contribution in [2.75, 3.05) is 13.1 Å². The predicted molar refractivity (Wildman–Crippen MR) is 99.4 cm³/mol. The lowest BCUT2D eigenvalue weighted by Gasteiger charge is -2.14. The fourth-order valence-corrected chi connectivity index (χ4v) is 3.62. The van der Waals surface area contributed by atoms with Crippen LogP contribution in [-0.2, 0) is 0 Å². The molecule has 1 aliphatic carbocycles. The van der Waals surface area contributed by atoms with Crippen LogP contribution in [0.1, 0.15) is 41.0 Å². The lowest BCUT2D eigenvalue weighted by atomic mass is 10.1. The van der Waals surface area contributed by atoms with Gasteiger partial charge in [-0.1, -0.05) is 5.21 Å². The third kappa shape index (κ3) is 3.29. The fraction of sp³-hybridized carbons (Fsp3) is 0.421. The molecular weight excluding hydrogens is 377 g/mol. The van der Waals surface area contributed by atoms with Crippen molar-refractivity contribution in [3.63, 3.8) is 0 Å². The Morgan fingerprint density at radius 2 is 2.10 bits per heavy atom. The molecule has 10 heteroatoms. The van der Waals surface area contributed by atoms with Gasteiger partial charge in [0.2, 0.25) is 5.95 Å². The molecule has 1 saturated heterocycles. The van der Waals surface area contributed by atoms with Crippen LogP contribution in [0.5, 0.6) is 0 Å². The molecule has 1 N–H and O–H groups in total. The number of carbonyl (C=O) groups is 1. The lowest BCUT2D eigenvalue weighted by molar-refractivity contribution is 0.0758. The molecule has 150 valence electrons. The molecule has 3 aromatic rings.